The number of carbonyl (C=O) groups excluding carboxylic acids is 1. The highest BCUT2D eigenvalue weighted by molar-refractivity contribution is 5.85. The van der Waals surface area contributed by atoms with Crippen molar-refractivity contribution in [2.75, 3.05) is 13.1 Å². The molecule has 1 saturated carbocycles. The Kier molecular flexibility index (Phi) is 12.2. The third-order valence-electron chi connectivity index (χ3n) is 5.00. The van der Waals surface area contributed by atoms with Crippen molar-refractivity contribution >= 4 is 30.7 Å². The lowest BCUT2D eigenvalue weighted by Gasteiger charge is -2.16. The van der Waals surface area contributed by atoms with Gasteiger partial charge in [-0.1, -0.05) is 25.7 Å². The third kappa shape index (κ3) is 7.97. The van der Waals surface area contributed by atoms with Crippen LogP contribution >= 0.6 is 24.8 Å². The van der Waals surface area contributed by atoms with Gasteiger partial charge in [-0.15, -0.1) is 24.8 Å². The molecule has 25 heavy (non-hydrogen) atoms. The first-order valence-corrected chi connectivity index (χ1v) is 9.07. The number of carbonyl (C=O) groups is 1. The maximum absolute atomic E-state index is 12.0. The zero-order valence-electron chi connectivity index (χ0n) is 15.8. The van der Waals surface area contributed by atoms with Gasteiger partial charge in [0.1, 0.15) is 0 Å². The fraction of sp³-hybridized carbons (Fsp3) is 0.778. The van der Waals surface area contributed by atoms with Gasteiger partial charge in [-0.2, -0.15) is 5.10 Å². The number of aryl methyl sites for hydroxylation is 2. The average molecular weight is 393 g/mol. The molecule has 0 spiro atoms. The smallest absolute Gasteiger partial charge is 0.220 e. The van der Waals surface area contributed by atoms with Gasteiger partial charge >= 0.3 is 0 Å². The van der Waals surface area contributed by atoms with Gasteiger partial charge in [0.25, 0.3) is 0 Å². The van der Waals surface area contributed by atoms with E-state index in [0.717, 1.165) is 30.9 Å². The van der Waals surface area contributed by atoms with Crippen LogP contribution in [0.15, 0.2) is 0 Å². The second-order valence-corrected chi connectivity index (χ2v) is 6.77. The number of amides is 1. The van der Waals surface area contributed by atoms with E-state index in [1.54, 1.807) is 0 Å². The van der Waals surface area contributed by atoms with E-state index in [1.807, 2.05) is 18.7 Å². The maximum Gasteiger partial charge on any atom is 0.220 e. The minimum absolute atomic E-state index is 0. The van der Waals surface area contributed by atoms with Gasteiger partial charge in [-0.05, 0) is 38.7 Å². The monoisotopic (exact) mass is 392 g/mol. The van der Waals surface area contributed by atoms with Crippen LogP contribution < -0.4 is 10.6 Å². The highest BCUT2D eigenvalue weighted by atomic mass is 35.5. The Balaban J connectivity index is 0.00000288. The first kappa shape index (κ1) is 24.2. The number of nitrogens with zero attached hydrogens (tertiary/aromatic N) is 2. The molecule has 0 aromatic carbocycles. The molecule has 2 rings (SSSR count). The van der Waals surface area contributed by atoms with Crippen molar-refractivity contribution in [2.45, 2.75) is 71.3 Å². The molecule has 0 saturated heterocycles. The van der Waals surface area contributed by atoms with Gasteiger partial charge in [0, 0.05) is 38.3 Å². The Hall–Kier alpha value is -0.780. The van der Waals surface area contributed by atoms with Gasteiger partial charge in [0.2, 0.25) is 5.91 Å². The van der Waals surface area contributed by atoms with Crippen LogP contribution in [0.3, 0.4) is 0 Å². The molecule has 0 aliphatic heterocycles. The number of hydrogen-bond donors (Lipinski definition) is 2. The number of rotatable bonds is 7. The summed E-state index contributed by atoms with van der Waals surface area (Å²) < 4.78 is 1.89. The van der Waals surface area contributed by atoms with Crippen LogP contribution in [0.25, 0.3) is 0 Å². The highest BCUT2D eigenvalue weighted by Crippen LogP contribution is 2.17. The van der Waals surface area contributed by atoms with Crippen LogP contribution in [-0.2, 0) is 18.3 Å². The number of aromatic nitrogens is 2. The summed E-state index contributed by atoms with van der Waals surface area (Å²) in [5.74, 6) is 0.135. The Morgan fingerprint density at radius 1 is 1.12 bits per heavy atom. The molecule has 0 bridgehead atoms. The first-order valence-electron chi connectivity index (χ1n) is 9.07. The lowest BCUT2D eigenvalue weighted by molar-refractivity contribution is -0.121. The predicted molar refractivity (Wildman–Crippen MR) is 108 cm³/mol. The SMILES string of the molecule is Cc1nn(C)c(C)c1CCC(=O)NCCNC1CCCCCC1.Cl.Cl. The van der Waals surface area contributed by atoms with Gasteiger partial charge in [0.05, 0.1) is 5.69 Å². The molecule has 1 aliphatic carbocycles. The minimum atomic E-state index is 0. The van der Waals surface area contributed by atoms with E-state index in [9.17, 15) is 4.79 Å². The van der Waals surface area contributed by atoms with Crippen molar-refractivity contribution < 1.29 is 4.79 Å². The Morgan fingerprint density at radius 3 is 2.32 bits per heavy atom. The summed E-state index contributed by atoms with van der Waals surface area (Å²) in [4.78, 5) is 12.0. The molecule has 2 N–H and O–H groups in total. The van der Waals surface area contributed by atoms with E-state index < -0.39 is 0 Å². The van der Waals surface area contributed by atoms with Crippen molar-refractivity contribution in [3.8, 4) is 0 Å². The van der Waals surface area contributed by atoms with E-state index in [4.69, 9.17) is 0 Å². The molecule has 1 aromatic heterocycles. The van der Waals surface area contributed by atoms with Gasteiger partial charge in [0.15, 0.2) is 0 Å². The molecule has 0 radical (unpaired) electrons. The Labute approximate surface area is 164 Å². The van der Waals surface area contributed by atoms with Crippen molar-refractivity contribution in [2.24, 2.45) is 7.05 Å². The summed E-state index contributed by atoms with van der Waals surface area (Å²) in [5, 5.41) is 11.0. The maximum atomic E-state index is 12.0. The van der Waals surface area contributed by atoms with Gasteiger partial charge in [-0.3, -0.25) is 9.48 Å². The number of halogens is 2. The zero-order valence-corrected chi connectivity index (χ0v) is 17.4. The van der Waals surface area contributed by atoms with Crippen LogP contribution in [0.4, 0.5) is 0 Å². The van der Waals surface area contributed by atoms with Crippen LogP contribution in [0.1, 0.15) is 61.9 Å². The number of hydrogen-bond acceptors (Lipinski definition) is 3. The van der Waals surface area contributed by atoms with E-state index >= 15 is 0 Å². The van der Waals surface area contributed by atoms with Gasteiger partial charge < -0.3 is 10.6 Å². The highest BCUT2D eigenvalue weighted by Gasteiger charge is 2.12. The van der Waals surface area contributed by atoms with Crippen molar-refractivity contribution in [1.29, 1.82) is 0 Å². The largest absolute Gasteiger partial charge is 0.355 e. The van der Waals surface area contributed by atoms with Crippen LogP contribution in [-0.4, -0.2) is 34.8 Å². The molecular weight excluding hydrogens is 359 g/mol. The molecule has 1 fully saturated rings. The Bertz CT molecular complexity index is 511. The summed E-state index contributed by atoms with van der Waals surface area (Å²) in [5.41, 5.74) is 3.40. The fourth-order valence-corrected chi connectivity index (χ4v) is 3.47. The second-order valence-electron chi connectivity index (χ2n) is 6.77. The minimum Gasteiger partial charge on any atom is -0.355 e. The van der Waals surface area contributed by atoms with E-state index in [-0.39, 0.29) is 30.7 Å². The van der Waals surface area contributed by atoms with Gasteiger partial charge in [-0.25, -0.2) is 0 Å². The first-order chi connectivity index (χ1) is 11.1. The van der Waals surface area contributed by atoms with Crippen LogP contribution in [0.5, 0.6) is 0 Å². The molecule has 1 aromatic rings. The molecule has 7 heteroatoms. The zero-order chi connectivity index (χ0) is 16.7. The predicted octanol–water partition coefficient (Wildman–Crippen LogP) is 3.24. The van der Waals surface area contributed by atoms with Crippen molar-refractivity contribution in [3.63, 3.8) is 0 Å². The van der Waals surface area contributed by atoms with Crippen LogP contribution in [0.2, 0.25) is 0 Å². The second kappa shape index (κ2) is 12.6. The average Bonchev–Trinajstić information content (AvgIpc) is 2.73. The standard InChI is InChI=1S/C18H32N4O.2ClH/c1-14-17(15(2)22(3)21-14)10-11-18(23)20-13-12-19-16-8-6-4-5-7-9-16;;/h16,19H,4-13H2,1-3H3,(H,20,23);2*1H. The summed E-state index contributed by atoms with van der Waals surface area (Å²) in [7, 11) is 1.95. The molecule has 1 amide bonds. The quantitative estimate of drug-likeness (QED) is 0.552. The summed E-state index contributed by atoms with van der Waals surface area (Å²) in [6, 6.07) is 0.648. The summed E-state index contributed by atoms with van der Waals surface area (Å²) >= 11 is 0. The van der Waals surface area contributed by atoms with Crippen molar-refractivity contribution in [3.05, 3.63) is 17.0 Å². The fourth-order valence-electron chi connectivity index (χ4n) is 3.47. The Morgan fingerprint density at radius 2 is 1.76 bits per heavy atom. The lowest BCUT2D eigenvalue weighted by Crippen LogP contribution is -2.36. The number of nitrogens with one attached hydrogen (secondary N) is 2. The van der Waals surface area contributed by atoms with E-state index in [1.165, 1.54) is 44.1 Å². The van der Waals surface area contributed by atoms with Crippen LogP contribution in [0, 0.1) is 13.8 Å². The molecule has 1 aliphatic rings. The lowest BCUT2D eigenvalue weighted by atomic mass is 10.1. The molecule has 0 atom stereocenters. The topological polar surface area (TPSA) is 59.0 Å². The normalized spacial score (nSPS) is 15.0. The van der Waals surface area contributed by atoms with E-state index in [2.05, 4.69) is 22.7 Å². The molecular formula is C18H34Cl2N4O. The third-order valence-corrected chi connectivity index (χ3v) is 5.00. The van der Waals surface area contributed by atoms with E-state index in [0.29, 0.717) is 12.5 Å². The van der Waals surface area contributed by atoms with Crippen molar-refractivity contribution in [1.82, 2.24) is 20.4 Å². The molecule has 5 nitrogen and oxygen atoms in total. The molecule has 0 unspecified atom stereocenters. The molecule has 1 heterocycles. The summed E-state index contributed by atoms with van der Waals surface area (Å²) in [6.07, 6.45) is 9.32. The summed E-state index contributed by atoms with van der Waals surface area (Å²) in [6.45, 7) is 5.67. The molecule has 146 valence electrons.